The van der Waals surface area contributed by atoms with Crippen LogP contribution in [0.4, 0.5) is 9.93 Å². The van der Waals surface area contributed by atoms with Crippen LogP contribution < -0.4 is 10.6 Å². The Balaban J connectivity index is 1.64. The zero-order valence-corrected chi connectivity index (χ0v) is 14.9. The van der Waals surface area contributed by atoms with Crippen molar-refractivity contribution < 1.29 is 9.90 Å². The van der Waals surface area contributed by atoms with Crippen LogP contribution in [0.2, 0.25) is 0 Å². The molecule has 0 aromatic carbocycles. The number of nitrogens with zero attached hydrogens (tertiary/aromatic N) is 2. The van der Waals surface area contributed by atoms with Gasteiger partial charge in [0.2, 0.25) is 0 Å². The molecule has 0 radical (unpaired) electrons. The van der Waals surface area contributed by atoms with Gasteiger partial charge >= 0.3 is 6.03 Å². The van der Waals surface area contributed by atoms with Crippen LogP contribution in [0.1, 0.15) is 38.0 Å². The molecule has 1 aromatic rings. The third-order valence-electron chi connectivity index (χ3n) is 4.11. The summed E-state index contributed by atoms with van der Waals surface area (Å²) in [4.78, 5) is 19.5. The Morgan fingerprint density at radius 1 is 1.52 bits per heavy atom. The van der Waals surface area contributed by atoms with Crippen LogP contribution in [0.3, 0.4) is 0 Å². The van der Waals surface area contributed by atoms with E-state index in [0.29, 0.717) is 11.7 Å². The smallest absolute Gasteiger partial charge is 0.321 e. The number of aromatic nitrogens is 1. The van der Waals surface area contributed by atoms with E-state index >= 15 is 0 Å². The molecule has 3 N–H and O–H groups in total. The molecule has 1 unspecified atom stereocenters. The number of aliphatic hydroxyl groups excluding tert-OH is 1. The fourth-order valence-electron chi connectivity index (χ4n) is 2.69. The minimum Gasteiger partial charge on any atom is -0.390 e. The van der Waals surface area contributed by atoms with Gasteiger partial charge in [-0.05, 0) is 38.3 Å². The summed E-state index contributed by atoms with van der Waals surface area (Å²) in [6.07, 6.45) is 5.68. The molecule has 2 amide bonds. The van der Waals surface area contributed by atoms with Crippen molar-refractivity contribution >= 4 is 22.5 Å². The molecule has 0 aliphatic carbocycles. The molecule has 1 atom stereocenters. The number of piperidine rings is 1. The number of carbonyl (C=O) groups excluding carboxylic acids is 1. The molecule has 6 nitrogen and oxygen atoms in total. The number of β-amino-alcohol motifs (C(OH)–C–C–N with tert-alkyl or cyclic N) is 1. The van der Waals surface area contributed by atoms with Gasteiger partial charge < -0.3 is 15.3 Å². The monoisotopic (exact) mass is 340 g/mol. The van der Waals surface area contributed by atoms with Gasteiger partial charge in [-0.2, -0.15) is 0 Å². The molecular formula is C16H28N4O2S. The normalized spacial score (nSPS) is 17.9. The second-order valence-corrected chi connectivity index (χ2v) is 7.47. The summed E-state index contributed by atoms with van der Waals surface area (Å²) < 4.78 is 0. The standard InChI is InChI=1S/C16H28N4O2S/c1-3-4-14-10-18-16(23-14)19-15(22)17-9-13(21)11-20-7-5-12(2)6-8-20/h10,12-13,21H,3-9,11H2,1-2H3,(H2,17,18,19,22). The Morgan fingerprint density at radius 3 is 2.96 bits per heavy atom. The molecule has 7 heteroatoms. The van der Waals surface area contributed by atoms with E-state index in [0.717, 1.165) is 31.8 Å². The van der Waals surface area contributed by atoms with Crippen molar-refractivity contribution in [1.29, 1.82) is 0 Å². The third-order valence-corrected chi connectivity index (χ3v) is 5.09. The van der Waals surface area contributed by atoms with Crippen molar-refractivity contribution in [3.63, 3.8) is 0 Å². The van der Waals surface area contributed by atoms with Gasteiger partial charge in [0, 0.05) is 24.2 Å². The number of thiazole rings is 1. The highest BCUT2D eigenvalue weighted by molar-refractivity contribution is 7.15. The highest BCUT2D eigenvalue weighted by Crippen LogP contribution is 2.19. The Hall–Kier alpha value is -1.18. The maximum absolute atomic E-state index is 11.8. The lowest BCUT2D eigenvalue weighted by molar-refractivity contribution is 0.0924. The first kappa shape index (κ1) is 18.2. The number of amides is 2. The summed E-state index contributed by atoms with van der Waals surface area (Å²) in [5.74, 6) is 0.781. The number of urea groups is 1. The van der Waals surface area contributed by atoms with E-state index in [1.54, 1.807) is 6.20 Å². The van der Waals surface area contributed by atoms with E-state index in [2.05, 4.69) is 34.4 Å². The van der Waals surface area contributed by atoms with Gasteiger partial charge in [-0.1, -0.05) is 20.3 Å². The zero-order valence-electron chi connectivity index (χ0n) is 14.0. The lowest BCUT2D eigenvalue weighted by atomic mass is 9.99. The van der Waals surface area contributed by atoms with Crippen molar-refractivity contribution in [3.05, 3.63) is 11.1 Å². The highest BCUT2D eigenvalue weighted by atomic mass is 32.1. The number of aryl methyl sites for hydroxylation is 1. The van der Waals surface area contributed by atoms with Crippen LogP contribution in [0.5, 0.6) is 0 Å². The molecule has 0 saturated carbocycles. The molecule has 1 aromatic heterocycles. The minimum atomic E-state index is -0.541. The van der Waals surface area contributed by atoms with Crippen molar-refractivity contribution in [1.82, 2.24) is 15.2 Å². The quantitative estimate of drug-likeness (QED) is 0.712. The minimum absolute atomic E-state index is 0.255. The predicted molar refractivity (Wildman–Crippen MR) is 94.0 cm³/mol. The van der Waals surface area contributed by atoms with Gasteiger partial charge in [-0.3, -0.25) is 5.32 Å². The summed E-state index contributed by atoms with van der Waals surface area (Å²) in [6.45, 7) is 7.32. The van der Waals surface area contributed by atoms with Crippen LogP contribution in [0, 0.1) is 5.92 Å². The number of aliphatic hydroxyl groups is 1. The van der Waals surface area contributed by atoms with Gasteiger partial charge in [0.05, 0.1) is 6.10 Å². The molecule has 130 valence electrons. The average molecular weight is 340 g/mol. The first-order valence-electron chi connectivity index (χ1n) is 8.46. The summed E-state index contributed by atoms with van der Waals surface area (Å²) in [7, 11) is 0. The predicted octanol–water partition coefficient (Wildman–Crippen LogP) is 2.31. The molecule has 1 aliphatic heterocycles. The second kappa shape index (κ2) is 9.20. The number of rotatable bonds is 7. The summed E-state index contributed by atoms with van der Waals surface area (Å²) in [5, 5.41) is 16.1. The van der Waals surface area contributed by atoms with Crippen molar-refractivity contribution in [2.75, 3.05) is 31.5 Å². The molecular weight excluding hydrogens is 312 g/mol. The van der Waals surface area contributed by atoms with Gasteiger partial charge in [-0.15, -0.1) is 11.3 Å². The van der Waals surface area contributed by atoms with Crippen LogP contribution in [0.25, 0.3) is 0 Å². The first-order chi connectivity index (χ1) is 11.1. The van der Waals surface area contributed by atoms with E-state index in [9.17, 15) is 9.90 Å². The number of hydrogen-bond donors (Lipinski definition) is 3. The Kier molecular flexibility index (Phi) is 7.26. The van der Waals surface area contributed by atoms with Gasteiger partial charge in [0.25, 0.3) is 0 Å². The lowest BCUT2D eigenvalue weighted by Crippen LogP contribution is -2.43. The topological polar surface area (TPSA) is 77.5 Å². The molecule has 1 fully saturated rings. The third kappa shape index (κ3) is 6.45. The van der Waals surface area contributed by atoms with Crippen molar-refractivity contribution in [3.8, 4) is 0 Å². The lowest BCUT2D eigenvalue weighted by Gasteiger charge is -2.31. The fraction of sp³-hybridized carbons (Fsp3) is 0.750. The molecule has 0 bridgehead atoms. The number of carbonyl (C=O) groups is 1. The molecule has 2 heterocycles. The van der Waals surface area contributed by atoms with Crippen LogP contribution in [-0.2, 0) is 6.42 Å². The number of anilines is 1. The van der Waals surface area contributed by atoms with E-state index in [-0.39, 0.29) is 12.6 Å². The molecule has 2 rings (SSSR count). The molecule has 1 saturated heterocycles. The second-order valence-electron chi connectivity index (χ2n) is 6.35. The van der Waals surface area contributed by atoms with Crippen LogP contribution in [0.15, 0.2) is 6.20 Å². The highest BCUT2D eigenvalue weighted by Gasteiger charge is 2.18. The van der Waals surface area contributed by atoms with Gasteiger partial charge in [-0.25, -0.2) is 9.78 Å². The van der Waals surface area contributed by atoms with Crippen LogP contribution in [-0.4, -0.2) is 53.3 Å². The number of nitrogens with one attached hydrogen (secondary N) is 2. The van der Waals surface area contributed by atoms with Crippen molar-refractivity contribution in [2.24, 2.45) is 5.92 Å². The zero-order chi connectivity index (χ0) is 16.7. The Labute approximate surface area is 142 Å². The molecule has 1 aliphatic rings. The SMILES string of the molecule is CCCc1cnc(NC(=O)NCC(O)CN2CCC(C)CC2)s1. The van der Waals surface area contributed by atoms with Gasteiger partial charge in [0.1, 0.15) is 0 Å². The largest absolute Gasteiger partial charge is 0.390 e. The molecule has 0 spiro atoms. The summed E-state index contributed by atoms with van der Waals surface area (Å²) in [5.41, 5.74) is 0. The van der Waals surface area contributed by atoms with E-state index in [1.807, 2.05) is 0 Å². The fourth-order valence-corrected chi connectivity index (χ4v) is 3.60. The molecule has 23 heavy (non-hydrogen) atoms. The maximum atomic E-state index is 11.8. The summed E-state index contributed by atoms with van der Waals surface area (Å²) >= 11 is 1.49. The van der Waals surface area contributed by atoms with Crippen molar-refractivity contribution in [2.45, 2.75) is 45.6 Å². The maximum Gasteiger partial charge on any atom is 0.321 e. The Morgan fingerprint density at radius 2 is 2.26 bits per heavy atom. The number of likely N-dealkylation sites (tertiary alicyclic amines) is 1. The van der Waals surface area contributed by atoms with Gasteiger partial charge in [0.15, 0.2) is 5.13 Å². The first-order valence-corrected chi connectivity index (χ1v) is 9.28. The Bertz CT molecular complexity index is 486. The summed E-state index contributed by atoms with van der Waals surface area (Å²) in [6, 6.07) is -0.311. The van der Waals surface area contributed by atoms with Crippen LogP contribution >= 0.6 is 11.3 Å². The average Bonchev–Trinajstić information content (AvgIpc) is 2.95. The van der Waals surface area contributed by atoms with E-state index in [1.165, 1.54) is 29.1 Å². The number of hydrogen-bond acceptors (Lipinski definition) is 5. The van der Waals surface area contributed by atoms with E-state index < -0.39 is 6.10 Å². The van der Waals surface area contributed by atoms with E-state index in [4.69, 9.17) is 0 Å².